The van der Waals surface area contributed by atoms with Crippen LogP contribution < -0.4 is 0 Å². The molecule has 2 aromatic heterocycles. The minimum atomic E-state index is -4.95. The molecular weight excluding hydrogens is 1080 g/mol. The van der Waals surface area contributed by atoms with Crippen molar-refractivity contribution in [2.75, 3.05) is 0 Å². The van der Waals surface area contributed by atoms with E-state index < -0.39 is 11.7 Å². The van der Waals surface area contributed by atoms with Crippen molar-refractivity contribution >= 4 is 43.6 Å². The minimum Gasteiger partial charge on any atom is -0.309 e. The van der Waals surface area contributed by atoms with Gasteiger partial charge in [-0.05, 0) is 153 Å². The maximum atomic E-state index is 15.2. The smallest absolute Gasteiger partial charge is 0.309 e. The second-order valence-electron chi connectivity index (χ2n) is 19.9. The van der Waals surface area contributed by atoms with Crippen LogP contribution in [0.3, 0.4) is 0 Å². The molecule has 0 aliphatic heterocycles. The van der Waals surface area contributed by atoms with Crippen LogP contribution in [0.2, 0.25) is 0 Å². The summed E-state index contributed by atoms with van der Waals surface area (Å²) >= 11 is 0. The van der Waals surface area contributed by atoms with Gasteiger partial charge in [0.15, 0.2) is 0 Å². The lowest BCUT2D eigenvalue weighted by molar-refractivity contribution is -0.137. The van der Waals surface area contributed by atoms with E-state index in [2.05, 4.69) is 54.6 Å². The largest absolute Gasteiger partial charge is 0.416 e. The van der Waals surface area contributed by atoms with Gasteiger partial charge in [0, 0.05) is 27.1 Å². The number of nitriles is 10. The van der Waals surface area contributed by atoms with Gasteiger partial charge in [-0.25, -0.2) is 0 Å². The first-order valence-electron chi connectivity index (χ1n) is 25.9. The number of rotatable bonds is 7. The third kappa shape index (κ3) is 8.82. The van der Waals surface area contributed by atoms with Crippen molar-refractivity contribution in [3.05, 3.63) is 237 Å². The third-order valence-corrected chi connectivity index (χ3v) is 15.3. The van der Waals surface area contributed by atoms with Gasteiger partial charge in [-0.3, -0.25) is 0 Å². The topological polar surface area (TPSA) is 248 Å². The van der Waals surface area contributed by atoms with E-state index in [1.54, 1.807) is 106 Å². The van der Waals surface area contributed by atoms with E-state index >= 15 is 13.2 Å². The van der Waals surface area contributed by atoms with E-state index in [0.717, 1.165) is 12.1 Å². The molecule has 0 radical (unpaired) electrons. The Bertz CT molecular complexity index is 5230. The lowest BCUT2D eigenvalue weighted by atomic mass is 9.95. The Balaban J connectivity index is 1.25. The van der Waals surface area contributed by atoms with E-state index in [4.69, 9.17) is 0 Å². The third-order valence-electron chi connectivity index (χ3n) is 15.3. The SMILES string of the molecule is N#Cc1cc(-c2cc(-n3c4cc(-c5ccc(C#N)cc5C#N)ccc4c4ccc(-c5ccc(C#N)cc5C#N)cc43)c(C#N)cc2-n2c3cc(-c4ccc(C#N)cc4C#N)ccc3c3ccc(-c4ccc(C#N)cc4C#N)cc32)cc(C(F)(F)F)c1. The second-order valence-corrected chi connectivity index (χ2v) is 19.9. The van der Waals surface area contributed by atoms with Crippen LogP contribution in [0.1, 0.15) is 61.2 Å². The van der Waals surface area contributed by atoms with E-state index in [1.165, 1.54) is 30.3 Å². The van der Waals surface area contributed by atoms with Crippen molar-refractivity contribution < 1.29 is 13.2 Å². The Kier molecular flexibility index (Phi) is 12.9. The first-order valence-corrected chi connectivity index (χ1v) is 25.9. The Morgan fingerprint density at radius 1 is 0.256 bits per heavy atom. The van der Waals surface area contributed by atoms with Crippen LogP contribution in [-0.2, 0) is 6.18 Å². The van der Waals surface area contributed by atoms with Gasteiger partial charge in [-0.15, -0.1) is 0 Å². The average molecular weight is 1110 g/mol. The normalized spacial score (nSPS) is 10.8. The van der Waals surface area contributed by atoms with Crippen molar-refractivity contribution in [3.8, 4) is 128 Å². The molecule has 0 atom stereocenters. The number of aromatic nitrogens is 2. The Hall–Kier alpha value is -13.5. The summed E-state index contributed by atoms with van der Waals surface area (Å²) in [6.07, 6.45) is -4.95. The molecule has 0 N–H and O–H groups in total. The molecule has 0 saturated heterocycles. The van der Waals surface area contributed by atoms with Crippen LogP contribution in [0.15, 0.2) is 176 Å². The Labute approximate surface area is 487 Å². The average Bonchev–Trinajstić information content (AvgIpc) is 1.75. The number of hydrogen-bond acceptors (Lipinski definition) is 10. The van der Waals surface area contributed by atoms with Crippen LogP contribution >= 0.6 is 0 Å². The minimum absolute atomic E-state index is 0.00181. The summed E-state index contributed by atoms with van der Waals surface area (Å²) in [6, 6.07) is 67.9. The number of fused-ring (bicyclic) bond motifs is 6. The van der Waals surface area contributed by atoms with Crippen molar-refractivity contribution in [1.82, 2.24) is 9.13 Å². The molecule has 10 aromatic carbocycles. The summed E-state index contributed by atoms with van der Waals surface area (Å²) in [5.41, 5.74) is 6.48. The summed E-state index contributed by atoms with van der Waals surface area (Å²) in [7, 11) is 0. The highest BCUT2D eigenvalue weighted by atomic mass is 19.4. The predicted octanol–water partition coefficient (Wildman–Crippen LogP) is 16.0. The molecular formula is C71H29F3N12. The Morgan fingerprint density at radius 2 is 0.581 bits per heavy atom. The standard InChI is InChI=1S/C71H29F3N12/c72-71(73,74)55-22-44(34-79)21-49(23-55)64-29-65(85-66-24-45(56-9-1-40(30-75)17-50(56)35-80)5-13-60(66)61-14-6-46(25-67(61)85)57-10-2-41(31-76)18-51(57)36-81)54(39-84)28-70(64)86-68-26-47(58-11-3-42(32-77)19-52(58)37-82)7-15-62(68)63-16-8-48(27-69(63)86)59-12-4-43(33-78)20-53(59)38-83/h1-29H. The Morgan fingerprint density at radius 3 is 0.884 bits per heavy atom. The van der Waals surface area contributed by atoms with Crippen LogP contribution in [0, 0.1) is 113 Å². The van der Waals surface area contributed by atoms with Crippen molar-refractivity contribution in [2.45, 2.75) is 6.18 Å². The second kappa shape index (κ2) is 20.9. The number of hydrogen-bond donors (Lipinski definition) is 0. The fourth-order valence-electron chi connectivity index (χ4n) is 11.3. The predicted molar refractivity (Wildman–Crippen MR) is 314 cm³/mol. The summed E-state index contributed by atoms with van der Waals surface area (Å²) in [5, 5.41) is 105. The fourth-order valence-corrected chi connectivity index (χ4v) is 11.3. The highest BCUT2D eigenvalue weighted by molar-refractivity contribution is 6.14. The maximum absolute atomic E-state index is 15.2. The zero-order chi connectivity index (χ0) is 60.1. The van der Waals surface area contributed by atoms with Gasteiger partial charge in [0.1, 0.15) is 6.07 Å². The molecule has 12 nitrogen and oxygen atoms in total. The number of alkyl halides is 3. The summed E-state index contributed by atoms with van der Waals surface area (Å²) in [4.78, 5) is 0. The molecule has 12 aromatic rings. The molecule has 394 valence electrons. The van der Waals surface area contributed by atoms with Crippen LogP contribution in [0.5, 0.6) is 0 Å². The summed E-state index contributed by atoms with van der Waals surface area (Å²) in [5.74, 6) is 0. The highest BCUT2D eigenvalue weighted by Gasteiger charge is 2.32. The van der Waals surface area contributed by atoms with Gasteiger partial charge in [0.05, 0.1) is 149 Å². The first-order chi connectivity index (χ1) is 41.8. The van der Waals surface area contributed by atoms with E-state index in [-0.39, 0.29) is 78.1 Å². The van der Waals surface area contributed by atoms with E-state index in [9.17, 15) is 52.6 Å². The van der Waals surface area contributed by atoms with Crippen molar-refractivity contribution in [3.63, 3.8) is 0 Å². The monoisotopic (exact) mass is 1110 g/mol. The highest BCUT2D eigenvalue weighted by Crippen LogP contribution is 2.46. The quantitative estimate of drug-likeness (QED) is 0.146. The van der Waals surface area contributed by atoms with Gasteiger partial charge >= 0.3 is 6.18 Å². The lowest BCUT2D eigenvalue weighted by Gasteiger charge is -2.20. The molecule has 86 heavy (non-hydrogen) atoms. The summed E-state index contributed by atoms with van der Waals surface area (Å²) < 4.78 is 49.2. The van der Waals surface area contributed by atoms with Crippen LogP contribution in [0.25, 0.3) is 111 Å². The molecule has 0 amide bonds. The molecule has 2 heterocycles. The van der Waals surface area contributed by atoms with Crippen molar-refractivity contribution in [1.29, 1.82) is 52.6 Å². The van der Waals surface area contributed by atoms with Gasteiger partial charge in [-0.1, -0.05) is 72.8 Å². The molecule has 0 saturated carbocycles. The van der Waals surface area contributed by atoms with Gasteiger partial charge < -0.3 is 9.13 Å². The van der Waals surface area contributed by atoms with Crippen molar-refractivity contribution in [2.24, 2.45) is 0 Å². The van der Waals surface area contributed by atoms with E-state index in [0.29, 0.717) is 88.1 Å². The first kappa shape index (κ1) is 53.1. The number of nitrogens with zero attached hydrogens (tertiary/aromatic N) is 12. The van der Waals surface area contributed by atoms with Gasteiger partial charge in [0.25, 0.3) is 0 Å². The lowest BCUT2D eigenvalue weighted by Crippen LogP contribution is -2.07. The zero-order valence-corrected chi connectivity index (χ0v) is 44.2. The molecule has 0 fully saturated rings. The molecule has 0 spiro atoms. The van der Waals surface area contributed by atoms with Gasteiger partial charge in [-0.2, -0.15) is 65.8 Å². The number of benzene rings is 10. The van der Waals surface area contributed by atoms with Crippen LogP contribution in [-0.4, -0.2) is 9.13 Å². The molecule has 0 aliphatic carbocycles. The van der Waals surface area contributed by atoms with Crippen LogP contribution in [0.4, 0.5) is 13.2 Å². The molecule has 12 rings (SSSR count). The van der Waals surface area contributed by atoms with Gasteiger partial charge in [0.2, 0.25) is 0 Å². The summed E-state index contributed by atoms with van der Waals surface area (Å²) in [6.45, 7) is 0. The van der Waals surface area contributed by atoms with E-state index in [1.807, 2.05) is 42.5 Å². The maximum Gasteiger partial charge on any atom is 0.416 e. The molecule has 0 bridgehead atoms. The number of halogens is 3. The molecule has 0 aliphatic rings. The fraction of sp³-hybridized carbons (Fsp3) is 0.0141. The molecule has 15 heteroatoms. The zero-order valence-electron chi connectivity index (χ0n) is 44.2. The molecule has 0 unspecified atom stereocenters.